The molecule has 4 N–H and O–H groups in total. The van der Waals surface area contributed by atoms with E-state index in [-0.39, 0.29) is 17.2 Å². The van der Waals surface area contributed by atoms with Crippen LogP contribution in [0.3, 0.4) is 0 Å². The second-order valence-corrected chi connectivity index (χ2v) is 5.43. The first-order chi connectivity index (χ1) is 10.4. The van der Waals surface area contributed by atoms with Gasteiger partial charge in [0.25, 0.3) is 0 Å². The van der Waals surface area contributed by atoms with Crippen LogP contribution in [0.15, 0.2) is 36.4 Å². The Bertz CT molecular complexity index is 706. The average molecular weight is 342 g/mol. The van der Waals surface area contributed by atoms with E-state index < -0.39 is 12.0 Å². The number of benzene rings is 2. The van der Waals surface area contributed by atoms with Crippen LogP contribution in [0.4, 0.5) is 0 Å². The zero-order valence-corrected chi connectivity index (χ0v) is 12.8. The second-order valence-electron chi connectivity index (χ2n) is 4.62. The van der Waals surface area contributed by atoms with Gasteiger partial charge < -0.3 is 20.7 Å². The molecular formula is C15H13Cl2NO4. The minimum Gasteiger partial charge on any atom is -0.508 e. The zero-order chi connectivity index (χ0) is 16.3. The number of halogens is 2. The van der Waals surface area contributed by atoms with Crippen molar-refractivity contribution >= 4 is 29.2 Å². The van der Waals surface area contributed by atoms with Gasteiger partial charge >= 0.3 is 5.97 Å². The molecule has 22 heavy (non-hydrogen) atoms. The van der Waals surface area contributed by atoms with Crippen molar-refractivity contribution < 1.29 is 19.7 Å². The first-order valence-corrected chi connectivity index (χ1v) is 7.05. The van der Waals surface area contributed by atoms with Gasteiger partial charge in [0.1, 0.15) is 23.3 Å². The maximum Gasteiger partial charge on any atom is 0.320 e. The molecule has 2 rings (SSSR count). The number of phenolic OH excluding ortho intramolecular Hbond substituents is 1. The van der Waals surface area contributed by atoms with Gasteiger partial charge in [0.15, 0.2) is 0 Å². The molecule has 0 saturated carbocycles. The Morgan fingerprint density at radius 2 is 1.91 bits per heavy atom. The van der Waals surface area contributed by atoms with Gasteiger partial charge in [-0.15, -0.1) is 0 Å². The number of nitrogens with two attached hydrogens (primary N) is 1. The molecule has 0 fully saturated rings. The summed E-state index contributed by atoms with van der Waals surface area (Å²) in [6.07, 6.45) is 0.119. The van der Waals surface area contributed by atoms with Crippen LogP contribution in [0.2, 0.25) is 10.0 Å². The summed E-state index contributed by atoms with van der Waals surface area (Å²) >= 11 is 12.1. The van der Waals surface area contributed by atoms with Gasteiger partial charge in [-0.25, -0.2) is 0 Å². The minimum atomic E-state index is -1.09. The Balaban J connectivity index is 2.17. The van der Waals surface area contributed by atoms with E-state index in [4.69, 9.17) is 38.8 Å². The molecule has 116 valence electrons. The third-order valence-electron chi connectivity index (χ3n) is 2.92. The highest BCUT2D eigenvalue weighted by molar-refractivity contribution is 6.32. The molecule has 0 bridgehead atoms. The number of carboxylic acids is 1. The lowest BCUT2D eigenvalue weighted by Crippen LogP contribution is -2.32. The third-order valence-corrected chi connectivity index (χ3v) is 3.57. The predicted octanol–water partition coefficient (Wildman–Crippen LogP) is 3.45. The molecule has 7 heteroatoms. The van der Waals surface area contributed by atoms with Gasteiger partial charge in [-0.3, -0.25) is 4.79 Å². The van der Waals surface area contributed by atoms with Gasteiger partial charge in [-0.05, 0) is 36.2 Å². The molecule has 0 spiro atoms. The minimum absolute atomic E-state index is 0.0355. The molecule has 0 radical (unpaired) electrons. The standard InChI is InChI=1S/C15H13Cl2NO4/c16-11-7-10(3-1-8(11)5-13(18)15(20)21)22-14-4-2-9(19)6-12(14)17/h1-4,6-7,13,19H,5,18H2,(H,20,21). The normalized spacial score (nSPS) is 12.0. The lowest BCUT2D eigenvalue weighted by Gasteiger charge is -2.11. The number of carboxylic acid groups (broad SMARTS) is 1. The van der Waals surface area contributed by atoms with Gasteiger partial charge in [0.05, 0.1) is 5.02 Å². The first kappa shape index (κ1) is 16.4. The Morgan fingerprint density at radius 3 is 2.50 bits per heavy atom. The van der Waals surface area contributed by atoms with Crippen LogP contribution in [0.5, 0.6) is 17.2 Å². The molecule has 0 aliphatic heterocycles. The Labute approximate surface area is 136 Å². The monoisotopic (exact) mass is 341 g/mol. The Kier molecular flexibility index (Phi) is 5.13. The van der Waals surface area contributed by atoms with E-state index in [1.807, 2.05) is 0 Å². The van der Waals surface area contributed by atoms with Crippen molar-refractivity contribution in [2.45, 2.75) is 12.5 Å². The Hall–Kier alpha value is -1.95. The molecule has 0 aliphatic carbocycles. The van der Waals surface area contributed by atoms with E-state index >= 15 is 0 Å². The van der Waals surface area contributed by atoms with Crippen LogP contribution in [-0.2, 0) is 11.2 Å². The van der Waals surface area contributed by atoms with Crippen molar-refractivity contribution in [3.05, 3.63) is 52.0 Å². The van der Waals surface area contributed by atoms with Crippen LogP contribution >= 0.6 is 23.2 Å². The molecular weight excluding hydrogens is 329 g/mol. The van der Waals surface area contributed by atoms with E-state index in [0.29, 0.717) is 22.1 Å². The largest absolute Gasteiger partial charge is 0.508 e. The van der Waals surface area contributed by atoms with Crippen LogP contribution in [0.25, 0.3) is 0 Å². The third kappa shape index (κ3) is 4.04. The number of aliphatic carboxylic acids is 1. The van der Waals surface area contributed by atoms with Crippen LogP contribution < -0.4 is 10.5 Å². The maximum absolute atomic E-state index is 10.8. The van der Waals surface area contributed by atoms with E-state index in [9.17, 15) is 9.90 Å². The van der Waals surface area contributed by atoms with E-state index in [1.54, 1.807) is 18.2 Å². The first-order valence-electron chi connectivity index (χ1n) is 6.30. The highest BCUT2D eigenvalue weighted by atomic mass is 35.5. The highest BCUT2D eigenvalue weighted by Gasteiger charge is 2.15. The lowest BCUT2D eigenvalue weighted by atomic mass is 10.1. The quantitative estimate of drug-likeness (QED) is 0.774. The average Bonchev–Trinajstić information content (AvgIpc) is 2.44. The number of hydrogen-bond donors (Lipinski definition) is 3. The molecule has 5 nitrogen and oxygen atoms in total. The van der Waals surface area contributed by atoms with Crippen LogP contribution in [-0.4, -0.2) is 22.2 Å². The maximum atomic E-state index is 10.8. The molecule has 0 saturated heterocycles. The fraction of sp³-hybridized carbons (Fsp3) is 0.133. The number of ether oxygens (including phenoxy) is 1. The predicted molar refractivity (Wildman–Crippen MR) is 84.0 cm³/mol. The number of aromatic hydroxyl groups is 1. The molecule has 1 atom stereocenters. The fourth-order valence-corrected chi connectivity index (χ4v) is 2.24. The second kappa shape index (κ2) is 6.87. The Morgan fingerprint density at radius 1 is 1.18 bits per heavy atom. The molecule has 0 aromatic heterocycles. The summed E-state index contributed by atoms with van der Waals surface area (Å²) in [6, 6.07) is 8.15. The lowest BCUT2D eigenvalue weighted by molar-refractivity contribution is -0.138. The molecule has 2 aromatic rings. The van der Waals surface area contributed by atoms with Crippen molar-refractivity contribution in [3.63, 3.8) is 0 Å². The summed E-state index contributed by atoms with van der Waals surface area (Å²) in [5.74, 6) is -0.253. The fourth-order valence-electron chi connectivity index (χ4n) is 1.78. The van der Waals surface area contributed by atoms with Crippen molar-refractivity contribution in [2.75, 3.05) is 0 Å². The molecule has 0 aliphatic rings. The summed E-state index contributed by atoms with van der Waals surface area (Å²) < 4.78 is 5.58. The van der Waals surface area contributed by atoms with E-state index in [0.717, 1.165) is 0 Å². The van der Waals surface area contributed by atoms with Crippen LogP contribution in [0, 0.1) is 0 Å². The molecule has 2 aromatic carbocycles. The summed E-state index contributed by atoms with van der Waals surface area (Å²) in [5.41, 5.74) is 6.09. The summed E-state index contributed by atoms with van der Waals surface area (Å²) in [4.78, 5) is 10.8. The summed E-state index contributed by atoms with van der Waals surface area (Å²) in [5, 5.41) is 18.7. The number of hydrogen-bond acceptors (Lipinski definition) is 4. The van der Waals surface area contributed by atoms with Gasteiger partial charge in [0, 0.05) is 11.1 Å². The molecule has 1 unspecified atom stereocenters. The summed E-state index contributed by atoms with van der Waals surface area (Å²) in [6.45, 7) is 0. The topological polar surface area (TPSA) is 92.8 Å². The molecule has 0 heterocycles. The SMILES string of the molecule is NC(Cc1ccc(Oc2ccc(O)cc2Cl)cc1Cl)C(=O)O. The van der Waals surface area contributed by atoms with E-state index in [2.05, 4.69) is 0 Å². The van der Waals surface area contributed by atoms with Crippen molar-refractivity contribution in [2.24, 2.45) is 5.73 Å². The number of carbonyl (C=O) groups is 1. The van der Waals surface area contributed by atoms with E-state index in [1.165, 1.54) is 18.2 Å². The zero-order valence-electron chi connectivity index (χ0n) is 11.3. The smallest absolute Gasteiger partial charge is 0.320 e. The van der Waals surface area contributed by atoms with Crippen molar-refractivity contribution in [1.29, 1.82) is 0 Å². The highest BCUT2D eigenvalue weighted by Crippen LogP contribution is 2.33. The summed E-state index contributed by atoms with van der Waals surface area (Å²) in [7, 11) is 0. The van der Waals surface area contributed by atoms with Crippen LogP contribution in [0.1, 0.15) is 5.56 Å². The number of rotatable bonds is 5. The van der Waals surface area contributed by atoms with Crippen molar-refractivity contribution in [3.8, 4) is 17.2 Å². The number of phenols is 1. The van der Waals surface area contributed by atoms with Gasteiger partial charge in [-0.2, -0.15) is 0 Å². The molecule has 0 amide bonds. The van der Waals surface area contributed by atoms with Crippen molar-refractivity contribution in [1.82, 2.24) is 0 Å². The van der Waals surface area contributed by atoms with Gasteiger partial charge in [0.2, 0.25) is 0 Å². The van der Waals surface area contributed by atoms with Gasteiger partial charge in [-0.1, -0.05) is 29.3 Å².